The minimum absolute atomic E-state index is 0.0108. The first-order valence-corrected chi connectivity index (χ1v) is 9.13. The number of hydrogen-bond acceptors (Lipinski definition) is 3. The highest BCUT2D eigenvalue weighted by molar-refractivity contribution is 7.89. The van der Waals surface area contributed by atoms with Crippen LogP contribution in [0.2, 0.25) is 0 Å². The summed E-state index contributed by atoms with van der Waals surface area (Å²) >= 11 is 0. The molecule has 6 nitrogen and oxygen atoms in total. The van der Waals surface area contributed by atoms with Gasteiger partial charge in [-0.1, -0.05) is 0 Å². The number of nitrogens with zero attached hydrogens (tertiary/aromatic N) is 2. The molecule has 7 heteroatoms. The van der Waals surface area contributed by atoms with E-state index in [1.807, 2.05) is 4.90 Å². The number of nitrogens with one attached hydrogen (secondary N) is 1. The van der Waals surface area contributed by atoms with Crippen LogP contribution in [0.15, 0.2) is 0 Å². The molecule has 2 aliphatic rings. The molecular weight excluding hydrogens is 278 g/mol. The standard InChI is InChI=1S/C13H25N3O3S/c1-3-20(18,19)16-6-4-12(5-7-16)13(17)15-10-8-14(2)9-11-15/h12H,3-11H2,1-2H3/p+1. The van der Waals surface area contributed by atoms with E-state index in [9.17, 15) is 13.2 Å². The molecule has 0 bridgehead atoms. The van der Waals surface area contributed by atoms with Crippen molar-refractivity contribution in [3.8, 4) is 0 Å². The smallest absolute Gasteiger partial charge is 0.226 e. The SMILES string of the molecule is CCS(=O)(=O)N1CCC(C(=O)N2CC[NH+](C)CC2)CC1. The molecule has 2 aliphatic heterocycles. The number of amides is 1. The second-order valence-electron chi connectivity index (χ2n) is 5.86. The molecule has 1 amide bonds. The van der Waals surface area contributed by atoms with Crippen LogP contribution in [0.4, 0.5) is 0 Å². The van der Waals surface area contributed by atoms with E-state index in [1.54, 1.807) is 6.92 Å². The number of quaternary nitrogens is 1. The van der Waals surface area contributed by atoms with Gasteiger partial charge in [0.15, 0.2) is 0 Å². The Bertz CT molecular complexity index is 436. The van der Waals surface area contributed by atoms with E-state index < -0.39 is 10.0 Å². The monoisotopic (exact) mass is 304 g/mol. The molecule has 1 N–H and O–H groups in total. The molecule has 0 spiro atoms. The predicted molar refractivity (Wildman–Crippen MR) is 77.0 cm³/mol. The van der Waals surface area contributed by atoms with Crippen LogP contribution in [-0.4, -0.2) is 75.6 Å². The Morgan fingerprint density at radius 1 is 1.15 bits per heavy atom. The van der Waals surface area contributed by atoms with Crippen molar-refractivity contribution < 1.29 is 18.1 Å². The Labute approximate surface area is 121 Å². The van der Waals surface area contributed by atoms with Gasteiger partial charge in [0, 0.05) is 19.0 Å². The summed E-state index contributed by atoms with van der Waals surface area (Å²) in [6.45, 7) is 6.33. The minimum atomic E-state index is -3.10. The fourth-order valence-electron chi connectivity index (χ4n) is 2.93. The fraction of sp³-hybridized carbons (Fsp3) is 0.923. The summed E-state index contributed by atoms with van der Waals surface area (Å²) in [4.78, 5) is 15.9. The van der Waals surface area contributed by atoms with Gasteiger partial charge in [-0.2, -0.15) is 0 Å². The van der Waals surface area contributed by atoms with Crippen molar-refractivity contribution in [2.24, 2.45) is 5.92 Å². The molecule has 0 aromatic rings. The maximum atomic E-state index is 12.4. The van der Waals surface area contributed by atoms with Gasteiger partial charge < -0.3 is 9.80 Å². The zero-order valence-corrected chi connectivity index (χ0v) is 13.3. The van der Waals surface area contributed by atoms with Crippen molar-refractivity contribution in [1.29, 1.82) is 0 Å². The summed E-state index contributed by atoms with van der Waals surface area (Å²) in [6.07, 6.45) is 1.33. The lowest BCUT2D eigenvalue weighted by Gasteiger charge is -2.35. The number of carbonyl (C=O) groups excluding carboxylic acids is 1. The van der Waals surface area contributed by atoms with E-state index >= 15 is 0 Å². The minimum Gasteiger partial charge on any atom is -0.334 e. The van der Waals surface area contributed by atoms with E-state index in [-0.39, 0.29) is 17.6 Å². The van der Waals surface area contributed by atoms with E-state index in [4.69, 9.17) is 0 Å². The number of carbonyl (C=O) groups is 1. The Balaban J connectivity index is 1.86. The Morgan fingerprint density at radius 3 is 2.20 bits per heavy atom. The number of sulfonamides is 1. The summed E-state index contributed by atoms with van der Waals surface area (Å²) in [6, 6.07) is 0. The van der Waals surface area contributed by atoms with Gasteiger partial charge >= 0.3 is 0 Å². The lowest BCUT2D eigenvalue weighted by molar-refractivity contribution is -0.883. The van der Waals surface area contributed by atoms with Crippen LogP contribution in [0.1, 0.15) is 19.8 Å². The molecule has 116 valence electrons. The number of piperazine rings is 1. The maximum absolute atomic E-state index is 12.4. The van der Waals surface area contributed by atoms with E-state index in [1.165, 1.54) is 9.21 Å². The Hall–Kier alpha value is -0.660. The van der Waals surface area contributed by atoms with Gasteiger partial charge in [0.05, 0.1) is 39.0 Å². The molecule has 0 aromatic heterocycles. The third kappa shape index (κ3) is 3.51. The van der Waals surface area contributed by atoms with E-state index in [0.717, 1.165) is 26.2 Å². The Morgan fingerprint density at radius 2 is 1.70 bits per heavy atom. The first-order chi connectivity index (χ1) is 9.44. The summed E-state index contributed by atoms with van der Waals surface area (Å²) in [5, 5.41) is 0. The lowest BCUT2D eigenvalue weighted by atomic mass is 9.96. The average Bonchev–Trinajstić information content (AvgIpc) is 2.47. The molecule has 2 saturated heterocycles. The van der Waals surface area contributed by atoms with Gasteiger partial charge in [-0.15, -0.1) is 0 Å². The predicted octanol–water partition coefficient (Wildman–Crippen LogP) is -1.59. The van der Waals surface area contributed by atoms with Gasteiger partial charge in [-0.3, -0.25) is 4.79 Å². The van der Waals surface area contributed by atoms with E-state index in [2.05, 4.69) is 7.05 Å². The van der Waals surface area contributed by atoms with Gasteiger partial charge in [-0.05, 0) is 19.8 Å². The van der Waals surface area contributed by atoms with Gasteiger partial charge in [0.1, 0.15) is 0 Å². The highest BCUT2D eigenvalue weighted by atomic mass is 32.2. The van der Waals surface area contributed by atoms with Gasteiger partial charge in [0.2, 0.25) is 15.9 Å². The molecular formula is C13H26N3O3S+. The summed E-state index contributed by atoms with van der Waals surface area (Å²) in [5.74, 6) is 0.384. The van der Waals surface area contributed by atoms with Crippen LogP contribution in [0, 0.1) is 5.92 Å². The van der Waals surface area contributed by atoms with Crippen molar-refractivity contribution in [2.45, 2.75) is 19.8 Å². The molecule has 0 aliphatic carbocycles. The second kappa shape index (κ2) is 6.41. The summed E-state index contributed by atoms with van der Waals surface area (Å²) in [7, 11) is -0.949. The number of piperidine rings is 1. The van der Waals surface area contributed by atoms with Crippen molar-refractivity contribution in [3.05, 3.63) is 0 Å². The zero-order valence-electron chi connectivity index (χ0n) is 12.5. The quantitative estimate of drug-likeness (QED) is 0.683. The molecule has 20 heavy (non-hydrogen) atoms. The van der Waals surface area contributed by atoms with Crippen LogP contribution in [-0.2, 0) is 14.8 Å². The van der Waals surface area contributed by atoms with Crippen molar-refractivity contribution in [1.82, 2.24) is 9.21 Å². The van der Waals surface area contributed by atoms with Crippen LogP contribution >= 0.6 is 0 Å². The first kappa shape index (κ1) is 15.7. The molecule has 0 atom stereocenters. The number of likely N-dealkylation sites (N-methyl/N-ethyl adjacent to an activating group) is 1. The lowest BCUT2D eigenvalue weighted by Crippen LogP contribution is -3.12. The average molecular weight is 304 g/mol. The molecule has 0 unspecified atom stereocenters. The number of hydrogen-bond donors (Lipinski definition) is 1. The molecule has 2 heterocycles. The van der Waals surface area contributed by atoms with Crippen LogP contribution < -0.4 is 4.90 Å². The molecule has 2 rings (SSSR count). The molecule has 0 saturated carbocycles. The summed E-state index contributed by atoms with van der Waals surface area (Å²) in [5.41, 5.74) is 0. The third-order valence-corrected chi connectivity index (χ3v) is 6.37. The van der Waals surface area contributed by atoms with Gasteiger partial charge in [-0.25, -0.2) is 12.7 Å². The highest BCUT2D eigenvalue weighted by Crippen LogP contribution is 2.21. The van der Waals surface area contributed by atoms with Crippen LogP contribution in [0.5, 0.6) is 0 Å². The van der Waals surface area contributed by atoms with E-state index in [0.29, 0.717) is 25.9 Å². The largest absolute Gasteiger partial charge is 0.334 e. The Kier molecular flexibility index (Phi) is 5.04. The first-order valence-electron chi connectivity index (χ1n) is 7.52. The molecule has 0 radical (unpaired) electrons. The topological polar surface area (TPSA) is 62.1 Å². The summed E-state index contributed by atoms with van der Waals surface area (Å²) < 4.78 is 25.1. The maximum Gasteiger partial charge on any atom is 0.226 e. The van der Waals surface area contributed by atoms with Crippen LogP contribution in [0.25, 0.3) is 0 Å². The molecule has 2 fully saturated rings. The third-order valence-electron chi connectivity index (χ3n) is 4.49. The van der Waals surface area contributed by atoms with Crippen molar-refractivity contribution >= 4 is 15.9 Å². The highest BCUT2D eigenvalue weighted by Gasteiger charge is 2.33. The molecule has 0 aromatic carbocycles. The normalized spacial score (nSPS) is 24.0. The van der Waals surface area contributed by atoms with Crippen LogP contribution in [0.3, 0.4) is 0 Å². The van der Waals surface area contributed by atoms with Crippen molar-refractivity contribution in [2.75, 3.05) is 52.1 Å². The van der Waals surface area contributed by atoms with Gasteiger partial charge in [0.25, 0.3) is 0 Å². The zero-order chi connectivity index (χ0) is 14.8. The fourth-order valence-corrected chi connectivity index (χ4v) is 4.06. The number of rotatable bonds is 3. The van der Waals surface area contributed by atoms with Crippen molar-refractivity contribution in [3.63, 3.8) is 0 Å². The second-order valence-corrected chi connectivity index (χ2v) is 8.11.